The minimum Gasteiger partial charge on any atom is -0.467 e. The van der Waals surface area contributed by atoms with Crippen LogP contribution in [0.15, 0.2) is 18.2 Å². The van der Waals surface area contributed by atoms with Gasteiger partial charge in [0.1, 0.15) is 6.04 Å². The van der Waals surface area contributed by atoms with Gasteiger partial charge in [-0.05, 0) is 31.5 Å². The molecule has 9 heteroatoms. The van der Waals surface area contributed by atoms with E-state index in [0.29, 0.717) is 13.0 Å². The summed E-state index contributed by atoms with van der Waals surface area (Å²) in [6.07, 6.45) is -2.24. The summed E-state index contributed by atoms with van der Waals surface area (Å²) in [6, 6.07) is 1.70. The molecule has 1 aromatic rings. The molecule has 1 amide bonds. The van der Waals surface area contributed by atoms with Crippen molar-refractivity contribution < 1.29 is 27.5 Å². The fourth-order valence-corrected chi connectivity index (χ4v) is 3.08. The Hall–Kier alpha value is -1.80. The highest BCUT2D eigenvalue weighted by Gasteiger charge is 2.36. The van der Waals surface area contributed by atoms with E-state index in [0.717, 1.165) is 25.0 Å². The molecule has 0 saturated carbocycles. The molecule has 2 atom stereocenters. The maximum atomic E-state index is 12.9. The van der Waals surface area contributed by atoms with Crippen LogP contribution in [0, 0.1) is 0 Å². The largest absolute Gasteiger partial charge is 0.467 e. The van der Waals surface area contributed by atoms with Crippen molar-refractivity contribution in [2.24, 2.45) is 0 Å². The monoisotopic (exact) mass is 378 g/mol. The lowest BCUT2D eigenvalue weighted by atomic mass is 9.97. The number of hydrogen-bond acceptors (Lipinski definition) is 4. The van der Waals surface area contributed by atoms with Gasteiger partial charge in [-0.15, -0.1) is 0 Å². The van der Waals surface area contributed by atoms with Gasteiger partial charge in [0.2, 0.25) is 0 Å². The topological polar surface area (TPSA) is 67.4 Å². The highest BCUT2D eigenvalue weighted by Crippen LogP contribution is 2.36. The van der Waals surface area contributed by atoms with E-state index in [4.69, 9.17) is 16.3 Å². The fourth-order valence-electron chi connectivity index (χ4n) is 2.76. The molecule has 2 unspecified atom stereocenters. The second kappa shape index (κ2) is 8.05. The third kappa shape index (κ3) is 4.64. The van der Waals surface area contributed by atoms with Crippen LogP contribution in [0.2, 0.25) is 5.02 Å². The van der Waals surface area contributed by atoms with Crippen LogP contribution in [-0.2, 0) is 15.7 Å². The first-order valence-corrected chi connectivity index (χ1v) is 8.11. The van der Waals surface area contributed by atoms with Crippen molar-refractivity contribution in [3.63, 3.8) is 0 Å². The highest BCUT2D eigenvalue weighted by molar-refractivity contribution is 6.34. The van der Waals surface area contributed by atoms with E-state index in [2.05, 4.69) is 10.6 Å². The predicted octanol–water partition coefficient (Wildman–Crippen LogP) is 2.77. The van der Waals surface area contributed by atoms with Gasteiger partial charge in [-0.2, -0.15) is 13.2 Å². The van der Waals surface area contributed by atoms with Crippen LogP contribution < -0.4 is 10.6 Å². The number of hydrogen-bond donors (Lipinski definition) is 2. The second-order valence-electron chi connectivity index (χ2n) is 5.70. The average molecular weight is 379 g/mol. The molecule has 1 heterocycles. The highest BCUT2D eigenvalue weighted by atomic mass is 35.5. The Bertz CT molecular complexity index is 646. The lowest BCUT2D eigenvalue weighted by molar-refractivity contribution is -0.144. The van der Waals surface area contributed by atoms with Gasteiger partial charge >= 0.3 is 12.1 Å². The fraction of sp³-hybridized carbons (Fsp3) is 0.500. The third-order valence-corrected chi connectivity index (χ3v) is 4.45. The van der Waals surface area contributed by atoms with E-state index in [1.165, 1.54) is 13.2 Å². The summed E-state index contributed by atoms with van der Waals surface area (Å²) in [5.74, 6) is -1.53. The number of nitrogens with one attached hydrogen (secondary N) is 2. The molecular weight excluding hydrogens is 361 g/mol. The first-order valence-electron chi connectivity index (χ1n) is 7.73. The number of amides is 1. The minimum absolute atomic E-state index is 0.346. The summed E-state index contributed by atoms with van der Waals surface area (Å²) in [5.41, 5.74) is -1.45. The Balaban J connectivity index is 2.25. The van der Waals surface area contributed by atoms with Crippen molar-refractivity contribution in [3.05, 3.63) is 34.3 Å². The first kappa shape index (κ1) is 19.5. The quantitative estimate of drug-likeness (QED) is 0.791. The molecule has 1 fully saturated rings. The lowest BCUT2D eigenvalue weighted by Crippen LogP contribution is -2.56. The van der Waals surface area contributed by atoms with Crippen LogP contribution in [-0.4, -0.2) is 37.6 Å². The van der Waals surface area contributed by atoms with Gasteiger partial charge in [0.05, 0.1) is 23.3 Å². The summed E-state index contributed by atoms with van der Waals surface area (Å²) in [4.78, 5) is 24.4. The number of ether oxygens (including phenoxy) is 1. The van der Waals surface area contributed by atoms with Crippen molar-refractivity contribution in [3.8, 4) is 0 Å². The molecule has 2 N–H and O–H groups in total. The van der Waals surface area contributed by atoms with Crippen LogP contribution in [0.5, 0.6) is 0 Å². The number of carbonyl (C=O) groups excluding carboxylic acids is 2. The zero-order valence-corrected chi connectivity index (χ0v) is 14.2. The van der Waals surface area contributed by atoms with Crippen molar-refractivity contribution in [2.45, 2.75) is 37.5 Å². The normalized spacial score (nSPS) is 19.2. The van der Waals surface area contributed by atoms with Gasteiger partial charge in [-0.1, -0.05) is 24.1 Å². The number of carbonyl (C=O) groups is 2. The van der Waals surface area contributed by atoms with Crippen LogP contribution in [0.1, 0.15) is 35.2 Å². The molecular formula is C16H18ClF3N2O3. The van der Waals surface area contributed by atoms with Gasteiger partial charge < -0.3 is 15.4 Å². The number of rotatable bonds is 4. The van der Waals surface area contributed by atoms with Gasteiger partial charge in [0.15, 0.2) is 0 Å². The Morgan fingerprint density at radius 3 is 2.64 bits per heavy atom. The molecule has 138 valence electrons. The molecule has 2 rings (SSSR count). The Morgan fingerprint density at radius 2 is 2.08 bits per heavy atom. The summed E-state index contributed by atoms with van der Waals surface area (Å²) in [5, 5.41) is 4.86. The van der Waals surface area contributed by atoms with E-state index in [-0.39, 0.29) is 11.6 Å². The maximum absolute atomic E-state index is 12.9. The molecule has 0 aromatic heterocycles. The summed E-state index contributed by atoms with van der Waals surface area (Å²) in [7, 11) is 1.18. The first-order chi connectivity index (χ1) is 11.8. The van der Waals surface area contributed by atoms with Crippen molar-refractivity contribution in [2.75, 3.05) is 13.7 Å². The summed E-state index contributed by atoms with van der Waals surface area (Å²) >= 11 is 5.76. The van der Waals surface area contributed by atoms with Crippen molar-refractivity contribution >= 4 is 23.5 Å². The second-order valence-corrected chi connectivity index (χ2v) is 6.07. The van der Waals surface area contributed by atoms with E-state index >= 15 is 0 Å². The average Bonchev–Trinajstić information content (AvgIpc) is 2.58. The molecule has 5 nitrogen and oxygen atoms in total. The number of methoxy groups -OCH3 is 1. The molecule has 0 aliphatic carbocycles. The SMILES string of the molecule is COC(=O)C(NC(=O)c1cccc(C(F)(F)F)c1Cl)C1CCCCN1. The summed E-state index contributed by atoms with van der Waals surface area (Å²) in [6.45, 7) is 0.679. The number of benzene rings is 1. The van der Waals surface area contributed by atoms with Gasteiger partial charge in [-0.3, -0.25) is 4.79 Å². The zero-order chi connectivity index (χ0) is 18.6. The zero-order valence-electron chi connectivity index (χ0n) is 13.5. The Labute approximate surface area is 147 Å². The molecule has 25 heavy (non-hydrogen) atoms. The van der Waals surface area contributed by atoms with E-state index < -0.39 is 34.7 Å². The molecule has 0 radical (unpaired) electrons. The summed E-state index contributed by atoms with van der Waals surface area (Å²) < 4.78 is 43.5. The van der Waals surface area contributed by atoms with Crippen molar-refractivity contribution in [1.29, 1.82) is 0 Å². The molecule has 1 aliphatic rings. The van der Waals surface area contributed by atoms with Gasteiger partial charge in [0.25, 0.3) is 5.91 Å². The predicted molar refractivity (Wildman–Crippen MR) is 85.4 cm³/mol. The molecule has 1 aromatic carbocycles. The van der Waals surface area contributed by atoms with Gasteiger partial charge in [-0.25, -0.2) is 4.79 Å². The maximum Gasteiger partial charge on any atom is 0.417 e. The molecule has 0 bridgehead atoms. The third-order valence-electron chi connectivity index (χ3n) is 4.04. The Kier molecular flexibility index (Phi) is 6.29. The van der Waals surface area contributed by atoms with Crippen LogP contribution in [0.25, 0.3) is 0 Å². The van der Waals surface area contributed by atoms with E-state index in [9.17, 15) is 22.8 Å². The van der Waals surface area contributed by atoms with Crippen LogP contribution in [0.3, 0.4) is 0 Å². The van der Waals surface area contributed by atoms with Gasteiger partial charge in [0, 0.05) is 6.04 Å². The lowest BCUT2D eigenvalue weighted by Gasteiger charge is -2.30. The Morgan fingerprint density at radius 1 is 1.36 bits per heavy atom. The molecule has 0 spiro atoms. The molecule has 1 aliphatic heterocycles. The van der Waals surface area contributed by atoms with Crippen molar-refractivity contribution in [1.82, 2.24) is 10.6 Å². The van der Waals surface area contributed by atoms with Crippen LogP contribution >= 0.6 is 11.6 Å². The number of alkyl halides is 3. The standard InChI is InChI=1S/C16H18ClF3N2O3/c1-25-15(24)13(11-7-2-3-8-21-11)22-14(23)9-5-4-6-10(12(9)17)16(18,19)20/h4-6,11,13,21H,2-3,7-8H2,1H3,(H,22,23). The minimum atomic E-state index is -4.68. The molecule has 1 saturated heterocycles. The number of halogens is 4. The number of piperidine rings is 1. The number of esters is 1. The van der Waals surface area contributed by atoms with E-state index in [1.54, 1.807) is 0 Å². The smallest absolute Gasteiger partial charge is 0.417 e. The van der Waals surface area contributed by atoms with Crippen LogP contribution in [0.4, 0.5) is 13.2 Å². The van der Waals surface area contributed by atoms with E-state index in [1.807, 2.05) is 0 Å².